The molecule has 2 aromatic rings. The maximum Gasteiger partial charge on any atom is 0.274 e. The van der Waals surface area contributed by atoms with Crippen molar-refractivity contribution >= 4 is 16.8 Å². The summed E-state index contributed by atoms with van der Waals surface area (Å²) in [5.74, 6) is 0.0634. The number of hydrogen-bond acceptors (Lipinski definition) is 5. The van der Waals surface area contributed by atoms with Gasteiger partial charge >= 0.3 is 0 Å². The minimum atomic E-state index is 0.0634. The highest BCUT2D eigenvalue weighted by molar-refractivity contribution is 6.04. The van der Waals surface area contributed by atoms with Gasteiger partial charge in [0.2, 0.25) is 0 Å². The largest absolute Gasteiger partial charge is 0.379 e. The summed E-state index contributed by atoms with van der Waals surface area (Å²) in [6.45, 7) is 7.78. The summed E-state index contributed by atoms with van der Waals surface area (Å²) < 4.78 is 5.49. The third-order valence-electron chi connectivity index (χ3n) is 7.23. The van der Waals surface area contributed by atoms with Crippen molar-refractivity contribution in [1.82, 2.24) is 24.9 Å². The van der Waals surface area contributed by atoms with Gasteiger partial charge in [0.05, 0.1) is 18.7 Å². The van der Waals surface area contributed by atoms with Crippen LogP contribution in [0, 0.1) is 5.41 Å². The molecule has 4 heterocycles. The number of likely N-dealkylation sites (tertiary alicyclic amines) is 2. The number of nitrogens with one attached hydrogen (secondary N) is 1. The lowest BCUT2D eigenvalue weighted by molar-refractivity contribution is 0.0283. The molecule has 3 aliphatic rings. The number of carbonyl (C=O) groups is 1. The summed E-state index contributed by atoms with van der Waals surface area (Å²) in [6.07, 6.45) is 3.42. The number of amides is 1. The Morgan fingerprint density at radius 2 is 1.97 bits per heavy atom. The summed E-state index contributed by atoms with van der Waals surface area (Å²) in [5.41, 5.74) is 1.84. The molecule has 3 aliphatic heterocycles. The first-order valence-electron chi connectivity index (χ1n) is 10.9. The Balaban J connectivity index is 1.21. The molecule has 0 bridgehead atoms. The zero-order chi connectivity index (χ0) is 19.8. The Hall–Kier alpha value is -1.96. The van der Waals surface area contributed by atoms with Gasteiger partial charge in [-0.2, -0.15) is 5.10 Å². The van der Waals surface area contributed by atoms with E-state index >= 15 is 0 Å². The second-order valence-electron chi connectivity index (χ2n) is 9.10. The number of aromatic amines is 1. The lowest BCUT2D eigenvalue weighted by Gasteiger charge is -2.39. The van der Waals surface area contributed by atoms with Gasteiger partial charge in [-0.05, 0) is 37.8 Å². The summed E-state index contributed by atoms with van der Waals surface area (Å²) in [4.78, 5) is 20.2. The predicted octanol–water partition coefficient (Wildman–Crippen LogP) is 1.82. The average molecular weight is 398 g/mol. The Bertz CT molecular complexity index is 867. The molecular weight excluding hydrogens is 366 g/mol. The van der Waals surface area contributed by atoms with Crippen LogP contribution in [0.4, 0.5) is 0 Å². The molecule has 1 atom stereocenters. The topological polar surface area (TPSA) is 64.7 Å². The minimum Gasteiger partial charge on any atom is -0.379 e. The second kappa shape index (κ2) is 7.70. The molecule has 1 aromatic carbocycles. The molecule has 0 aliphatic carbocycles. The van der Waals surface area contributed by atoms with Crippen LogP contribution in [0.2, 0.25) is 0 Å². The van der Waals surface area contributed by atoms with E-state index in [4.69, 9.17) is 4.74 Å². The summed E-state index contributed by atoms with van der Waals surface area (Å²) >= 11 is 0. The van der Waals surface area contributed by atoms with Gasteiger partial charge in [0, 0.05) is 50.7 Å². The van der Waals surface area contributed by atoms with Gasteiger partial charge < -0.3 is 14.5 Å². The van der Waals surface area contributed by atoms with Crippen molar-refractivity contribution in [2.45, 2.75) is 25.3 Å². The fourth-order valence-corrected chi connectivity index (χ4v) is 5.49. The number of benzene rings is 1. The van der Waals surface area contributed by atoms with Crippen molar-refractivity contribution in [2.24, 2.45) is 5.41 Å². The van der Waals surface area contributed by atoms with Crippen LogP contribution in [-0.2, 0) is 4.74 Å². The number of likely N-dealkylation sites (N-methyl/N-ethyl adjacent to an activating group) is 1. The van der Waals surface area contributed by atoms with Gasteiger partial charge in [-0.1, -0.05) is 18.2 Å². The van der Waals surface area contributed by atoms with E-state index in [-0.39, 0.29) is 5.91 Å². The van der Waals surface area contributed by atoms with Crippen LogP contribution in [0.5, 0.6) is 0 Å². The van der Waals surface area contributed by atoms with Crippen LogP contribution in [-0.4, -0.2) is 96.4 Å². The maximum absolute atomic E-state index is 13.1. The number of nitrogens with zero attached hydrogens (tertiary/aromatic N) is 4. The van der Waals surface area contributed by atoms with E-state index in [0.717, 1.165) is 76.2 Å². The summed E-state index contributed by atoms with van der Waals surface area (Å²) in [6, 6.07) is 8.48. The first-order chi connectivity index (χ1) is 14.1. The molecule has 1 spiro atoms. The van der Waals surface area contributed by atoms with E-state index in [1.807, 2.05) is 29.2 Å². The van der Waals surface area contributed by atoms with Crippen LogP contribution in [0.25, 0.3) is 10.9 Å². The van der Waals surface area contributed by atoms with Crippen LogP contribution in [0.15, 0.2) is 24.3 Å². The van der Waals surface area contributed by atoms with Crippen molar-refractivity contribution in [3.8, 4) is 0 Å². The monoisotopic (exact) mass is 397 g/mol. The SMILES string of the molecule is CN1CC2(CCN(C(=O)c3n[nH]c4ccccc34)CC2)CC1CN1CCOCC1. The number of para-hydroxylation sites is 1. The smallest absolute Gasteiger partial charge is 0.274 e. The Morgan fingerprint density at radius 1 is 1.21 bits per heavy atom. The van der Waals surface area contributed by atoms with E-state index in [2.05, 4.69) is 27.0 Å². The molecule has 1 amide bonds. The number of ether oxygens (including phenoxy) is 1. The number of H-pyrrole nitrogens is 1. The molecule has 0 saturated carbocycles. The number of fused-ring (bicyclic) bond motifs is 1. The summed E-state index contributed by atoms with van der Waals surface area (Å²) in [7, 11) is 2.27. The standard InChI is InChI=1S/C22H31N5O2/c1-25-16-22(14-17(25)15-26-10-12-29-13-11-26)6-8-27(9-7-22)21(28)20-18-4-2-3-5-19(18)23-24-20/h2-5,17H,6-16H2,1H3,(H,23,24). The van der Waals surface area contributed by atoms with Gasteiger partial charge in [-0.3, -0.25) is 14.8 Å². The molecule has 7 nitrogen and oxygen atoms in total. The minimum absolute atomic E-state index is 0.0634. The molecule has 0 radical (unpaired) electrons. The Morgan fingerprint density at radius 3 is 2.76 bits per heavy atom. The van der Waals surface area contributed by atoms with Gasteiger partial charge in [-0.15, -0.1) is 0 Å². The normalized spacial score (nSPS) is 25.8. The van der Waals surface area contributed by atoms with E-state index in [1.54, 1.807) is 0 Å². The molecule has 3 saturated heterocycles. The average Bonchev–Trinajstić information content (AvgIpc) is 3.30. The lowest BCUT2D eigenvalue weighted by atomic mass is 9.76. The van der Waals surface area contributed by atoms with Gasteiger partial charge in [0.1, 0.15) is 0 Å². The van der Waals surface area contributed by atoms with Crippen molar-refractivity contribution in [1.29, 1.82) is 0 Å². The zero-order valence-electron chi connectivity index (χ0n) is 17.3. The zero-order valence-corrected chi connectivity index (χ0v) is 17.3. The molecular formula is C22H31N5O2. The van der Waals surface area contributed by atoms with Gasteiger partial charge in [0.15, 0.2) is 5.69 Å². The fraction of sp³-hybridized carbons (Fsp3) is 0.636. The number of morpholine rings is 1. The number of piperidine rings is 1. The van der Waals surface area contributed by atoms with E-state index in [9.17, 15) is 4.79 Å². The summed E-state index contributed by atoms with van der Waals surface area (Å²) in [5, 5.41) is 8.22. The quantitative estimate of drug-likeness (QED) is 0.856. The number of rotatable bonds is 3. The molecule has 3 fully saturated rings. The Kier molecular flexibility index (Phi) is 5.05. The molecule has 7 heteroatoms. The third kappa shape index (κ3) is 3.67. The highest BCUT2D eigenvalue weighted by Gasteiger charge is 2.45. The molecule has 156 valence electrons. The van der Waals surface area contributed by atoms with Crippen LogP contribution < -0.4 is 0 Å². The van der Waals surface area contributed by atoms with E-state index < -0.39 is 0 Å². The highest BCUT2D eigenvalue weighted by atomic mass is 16.5. The van der Waals surface area contributed by atoms with Crippen molar-refractivity contribution in [3.63, 3.8) is 0 Å². The van der Waals surface area contributed by atoms with E-state index in [0.29, 0.717) is 17.2 Å². The molecule has 1 N–H and O–H groups in total. The van der Waals surface area contributed by atoms with E-state index in [1.165, 1.54) is 6.42 Å². The number of hydrogen-bond donors (Lipinski definition) is 1. The van der Waals surface area contributed by atoms with Crippen molar-refractivity contribution < 1.29 is 9.53 Å². The first-order valence-corrected chi connectivity index (χ1v) is 10.9. The first kappa shape index (κ1) is 19.0. The van der Waals surface area contributed by atoms with Crippen LogP contribution in [0.1, 0.15) is 29.8 Å². The van der Waals surface area contributed by atoms with Crippen molar-refractivity contribution in [2.75, 3.05) is 59.5 Å². The molecule has 29 heavy (non-hydrogen) atoms. The Labute approximate surface area is 172 Å². The maximum atomic E-state index is 13.1. The molecule has 1 unspecified atom stereocenters. The van der Waals surface area contributed by atoms with Crippen LogP contribution >= 0.6 is 0 Å². The van der Waals surface area contributed by atoms with Crippen LogP contribution in [0.3, 0.4) is 0 Å². The third-order valence-corrected chi connectivity index (χ3v) is 7.23. The fourth-order valence-electron chi connectivity index (χ4n) is 5.49. The number of aromatic nitrogens is 2. The molecule has 5 rings (SSSR count). The molecule has 1 aromatic heterocycles. The van der Waals surface area contributed by atoms with Gasteiger partial charge in [0.25, 0.3) is 5.91 Å². The van der Waals surface area contributed by atoms with Crippen molar-refractivity contribution in [3.05, 3.63) is 30.0 Å². The van der Waals surface area contributed by atoms with Gasteiger partial charge in [-0.25, -0.2) is 0 Å². The lowest BCUT2D eigenvalue weighted by Crippen LogP contribution is -2.44. The number of carbonyl (C=O) groups excluding carboxylic acids is 1. The predicted molar refractivity (Wildman–Crippen MR) is 112 cm³/mol. The second-order valence-corrected chi connectivity index (χ2v) is 9.10. The highest BCUT2D eigenvalue weighted by Crippen LogP contribution is 2.43.